The molecule has 0 saturated carbocycles. The van der Waals surface area contributed by atoms with Gasteiger partial charge in [-0.05, 0) is 46.7 Å². The molecule has 3 aromatic carbocycles. The molecule has 1 unspecified atom stereocenters. The number of rotatable bonds is 11. The minimum Gasteiger partial charge on any atom is -0.312 e. The number of tetrazole rings is 1. The zero-order valence-corrected chi connectivity index (χ0v) is 22.1. The monoisotopic (exact) mass is 544 g/mol. The van der Waals surface area contributed by atoms with Gasteiger partial charge in [-0.1, -0.05) is 78.9 Å². The summed E-state index contributed by atoms with van der Waals surface area (Å²) in [5.74, 6) is -2.68. The number of anilines is 1. The maximum absolute atomic E-state index is 13.8. The lowest BCUT2D eigenvalue weighted by Crippen LogP contribution is -2.46. The highest BCUT2D eigenvalue weighted by Crippen LogP contribution is 2.19. The van der Waals surface area contributed by atoms with Gasteiger partial charge in [-0.25, -0.2) is 17.8 Å². The van der Waals surface area contributed by atoms with Crippen molar-refractivity contribution >= 4 is 33.6 Å². The normalized spacial score (nSPS) is 12.2. The highest BCUT2D eigenvalue weighted by molar-refractivity contribution is 7.93. The van der Waals surface area contributed by atoms with Crippen molar-refractivity contribution in [3.63, 3.8) is 0 Å². The molecule has 0 bridgehead atoms. The van der Waals surface area contributed by atoms with Crippen molar-refractivity contribution < 1.29 is 18.0 Å². The molecule has 0 aliphatic heterocycles. The van der Waals surface area contributed by atoms with E-state index in [1.54, 1.807) is 61.5 Å². The summed E-state index contributed by atoms with van der Waals surface area (Å²) in [7, 11) is -4.20. The molecule has 0 spiro atoms. The average Bonchev–Trinajstić information content (AvgIpc) is 3.38. The summed E-state index contributed by atoms with van der Waals surface area (Å²) in [5, 5.41) is 12.7. The topological polar surface area (TPSA) is 127 Å². The second-order valence-electron chi connectivity index (χ2n) is 8.64. The predicted molar refractivity (Wildman–Crippen MR) is 148 cm³/mol. The molecule has 0 saturated heterocycles. The SMILES string of the molecule is CCN(C(=O)C(Cc1nnnn1Cc1ccccc1)C(=O)NS(=O)(=O)/C=C/c1ccccc1)c1ccccc1. The molecular formula is C28H28N6O4S. The summed E-state index contributed by atoms with van der Waals surface area (Å²) < 4.78 is 29.1. The fraction of sp³-hybridized carbons (Fsp3) is 0.179. The first-order valence-electron chi connectivity index (χ1n) is 12.3. The Hall–Kier alpha value is -4.64. The van der Waals surface area contributed by atoms with Crippen LogP contribution in [0.2, 0.25) is 0 Å². The Morgan fingerprint density at radius 1 is 0.949 bits per heavy atom. The maximum atomic E-state index is 13.8. The van der Waals surface area contributed by atoms with Crippen LogP contribution in [0.25, 0.3) is 6.08 Å². The molecular weight excluding hydrogens is 516 g/mol. The first-order chi connectivity index (χ1) is 18.9. The van der Waals surface area contributed by atoms with E-state index < -0.39 is 27.8 Å². The van der Waals surface area contributed by atoms with Crippen LogP contribution in [0.3, 0.4) is 0 Å². The Kier molecular flexibility index (Phi) is 8.95. The first-order valence-corrected chi connectivity index (χ1v) is 13.9. The van der Waals surface area contributed by atoms with Gasteiger partial charge >= 0.3 is 0 Å². The second-order valence-corrected chi connectivity index (χ2v) is 10.2. The van der Waals surface area contributed by atoms with Crippen LogP contribution in [-0.4, -0.2) is 47.0 Å². The minimum atomic E-state index is -4.20. The van der Waals surface area contributed by atoms with Crippen LogP contribution >= 0.6 is 0 Å². The minimum absolute atomic E-state index is 0.203. The number of carbonyl (C=O) groups excluding carboxylic acids is 2. The van der Waals surface area contributed by atoms with Crippen LogP contribution in [0.4, 0.5) is 5.69 Å². The number of amides is 2. The van der Waals surface area contributed by atoms with Crippen molar-refractivity contribution in [3.05, 3.63) is 113 Å². The second kappa shape index (κ2) is 12.7. The molecule has 200 valence electrons. The summed E-state index contributed by atoms with van der Waals surface area (Å²) >= 11 is 0. The molecule has 0 aliphatic rings. The van der Waals surface area contributed by atoms with Crippen LogP contribution < -0.4 is 9.62 Å². The van der Waals surface area contributed by atoms with Crippen molar-refractivity contribution in [1.82, 2.24) is 24.9 Å². The molecule has 1 heterocycles. The number of para-hydroxylation sites is 1. The Bertz CT molecular complexity index is 1520. The standard InChI is InChI=1S/C28H28N6O4S/c1-2-33(24-16-10-5-11-17-24)28(36)25(20-26-29-31-32-34(26)21-23-14-8-4-9-15-23)27(35)30-39(37,38)19-18-22-12-6-3-7-13-22/h3-19,25H,2,20-21H2,1H3,(H,30,35)/b19-18+. The smallest absolute Gasteiger partial charge is 0.257 e. The van der Waals surface area contributed by atoms with E-state index in [-0.39, 0.29) is 18.8 Å². The molecule has 2 amide bonds. The quantitative estimate of drug-likeness (QED) is 0.288. The first kappa shape index (κ1) is 27.4. The van der Waals surface area contributed by atoms with Gasteiger partial charge in [-0.15, -0.1) is 5.10 Å². The van der Waals surface area contributed by atoms with E-state index in [2.05, 4.69) is 15.5 Å². The predicted octanol–water partition coefficient (Wildman–Crippen LogP) is 3.05. The van der Waals surface area contributed by atoms with Crippen molar-refractivity contribution in [1.29, 1.82) is 0 Å². The Labute approximate surface area is 227 Å². The third-order valence-electron chi connectivity index (χ3n) is 5.91. The number of nitrogens with one attached hydrogen (secondary N) is 1. The van der Waals surface area contributed by atoms with Gasteiger partial charge in [-0.2, -0.15) is 0 Å². The van der Waals surface area contributed by atoms with Gasteiger partial charge in [0.2, 0.25) is 11.8 Å². The molecule has 0 aliphatic carbocycles. The molecule has 4 rings (SSSR count). The number of carbonyl (C=O) groups is 2. The van der Waals surface area contributed by atoms with E-state index in [0.29, 0.717) is 17.8 Å². The number of hydrogen-bond acceptors (Lipinski definition) is 7. The number of sulfonamides is 1. The Morgan fingerprint density at radius 2 is 1.56 bits per heavy atom. The van der Waals surface area contributed by atoms with Crippen molar-refractivity contribution in [2.75, 3.05) is 11.4 Å². The van der Waals surface area contributed by atoms with Crippen LogP contribution in [-0.2, 0) is 32.6 Å². The Balaban J connectivity index is 1.62. The third kappa shape index (κ3) is 7.45. The summed E-state index contributed by atoms with van der Waals surface area (Å²) in [6.07, 6.45) is 1.17. The molecule has 1 N–H and O–H groups in total. The highest BCUT2D eigenvalue weighted by atomic mass is 32.2. The molecule has 1 aromatic heterocycles. The van der Waals surface area contributed by atoms with Gasteiger partial charge in [-0.3, -0.25) is 9.59 Å². The van der Waals surface area contributed by atoms with Crippen LogP contribution in [0.15, 0.2) is 96.4 Å². The molecule has 10 nitrogen and oxygen atoms in total. The highest BCUT2D eigenvalue weighted by Gasteiger charge is 2.34. The van der Waals surface area contributed by atoms with Gasteiger partial charge < -0.3 is 4.90 Å². The zero-order chi connectivity index (χ0) is 27.7. The molecule has 39 heavy (non-hydrogen) atoms. The number of aromatic nitrogens is 4. The van der Waals surface area contributed by atoms with Crippen LogP contribution in [0.1, 0.15) is 23.9 Å². The molecule has 0 fully saturated rings. The van der Waals surface area contributed by atoms with Crippen molar-refractivity contribution in [2.24, 2.45) is 5.92 Å². The van der Waals surface area contributed by atoms with E-state index in [1.165, 1.54) is 15.7 Å². The fourth-order valence-electron chi connectivity index (χ4n) is 3.96. The third-order valence-corrected chi connectivity index (χ3v) is 6.89. The van der Waals surface area contributed by atoms with Crippen LogP contribution in [0.5, 0.6) is 0 Å². The summed E-state index contributed by atoms with van der Waals surface area (Å²) in [6, 6.07) is 27.1. The fourth-order valence-corrected chi connectivity index (χ4v) is 4.79. The van der Waals surface area contributed by atoms with Crippen LogP contribution in [0, 0.1) is 5.92 Å². The van der Waals surface area contributed by atoms with Gasteiger partial charge in [0, 0.05) is 18.7 Å². The number of benzene rings is 3. The average molecular weight is 545 g/mol. The van der Waals surface area contributed by atoms with E-state index in [4.69, 9.17) is 0 Å². The largest absolute Gasteiger partial charge is 0.312 e. The lowest BCUT2D eigenvalue weighted by Gasteiger charge is -2.25. The summed E-state index contributed by atoms with van der Waals surface area (Å²) in [5.41, 5.74) is 2.15. The van der Waals surface area contributed by atoms with Gasteiger partial charge in [0.1, 0.15) is 5.92 Å². The lowest BCUT2D eigenvalue weighted by atomic mass is 10.0. The zero-order valence-electron chi connectivity index (χ0n) is 21.3. The van der Waals surface area contributed by atoms with Crippen molar-refractivity contribution in [2.45, 2.75) is 19.9 Å². The van der Waals surface area contributed by atoms with Gasteiger partial charge in [0.25, 0.3) is 10.0 Å². The summed E-state index contributed by atoms with van der Waals surface area (Å²) in [6.45, 7) is 2.36. The van der Waals surface area contributed by atoms with E-state index >= 15 is 0 Å². The molecule has 1 atom stereocenters. The molecule has 4 aromatic rings. The van der Waals surface area contributed by atoms with Gasteiger partial charge in [0.05, 0.1) is 12.0 Å². The lowest BCUT2D eigenvalue weighted by molar-refractivity contribution is -0.132. The van der Waals surface area contributed by atoms with E-state index in [9.17, 15) is 18.0 Å². The summed E-state index contributed by atoms with van der Waals surface area (Å²) in [4.78, 5) is 28.6. The molecule has 11 heteroatoms. The maximum Gasteiger partial charge on any atom is 0.257 e. The van der Waals surface area contributed by atoms with E-state index in [0.717, 1.165) is 11.0 Å². The number of hydrogen-bond donors (Lipinski definition) is 1. The van der Waals surface area contributed by atoms with Gasteiger partial charge in [0.15, 0.2) is 5.82 Å². The Morgan fingerprint density at radius 3 is 2.21 bits per heavy atom. The number of nitrogens with zero attached hydrogens (tertiary/aromatic N) is 5. The van der Waals surface area contributed by atoms with E-state index in [1.807, 2.05) is 41.1 Å². The molecule has 0 radical (unpaired) electrons. The van der Waals surface area contributed by atoms with Crippen molar-refractivity contribution in [3.8, 4) is 0 Å².